The van der Waals surface area contributed by atoms with Crippen molar-refractivity contribution in [1.29, 1.82) is 0 Å². The molecule has 0 bridgehead atoms. The number of anilines is 2. The summed E-state index contributed by atoms with van der Waals surface area (Å²) in [5, 5.41) is 24.2. The van der Waals surface area contributed by atoms with E-state index in [1.807, 2.05) is 0 Å². The molecular weight excluding hydrogens is 464 g/mol. The molecule has 4 rings (SSSR count). The van der Waals surface area contributed by atoms with Gasteiger partial charge in [-0.25, -0.2) is 4.98 Å². The molecule has 10 nitrogen and oxygen atoms in total. The van der Waals surface area contributed by atoms with Gasteiger partial charge in [-0.2, -0.15) is 9.97 Å². The second kappa shape index (κ2) is 10.6. The summed E-state index contributed by atoms with van der Waals surface area (Å²) in [5.74, 6) is 1.00. The minimum atomic E-state index is -0.332. The fourth-order valence-electron chi connectivity index (χ4n) is 3.40. The average molecular weight is 489 g/mol. The molecule has 10 heteroatoms. The highest BCUT2D eigenvalue weighted by atomic mass is 16.5. The van der Waals surface area contributed by atoms with Gasteiger partial charge in [-0.3, -0.25) is 4.79 Å². The number of carbonyl (C=O) groups is 1. The van der Waals surface area contributed by atoms with Crippen LogP contribution >= 0.6 is 0 Å². The number of aromatic nitrogens is 3. The fourth-order valence-corrected chi connectivity index (χ4v) is 3.40. The molecule has 1 heterocycles. The summed E-state index contributed by atoms with van der Waals surface area (Å²) < 4.78 is 15.0. The highest BCUT2D eigenvalue weighted by Crippen LogP contribution is 2.35. The number of phenols is 2. The van der Waals surface area contributed by atoms with Crippen LogP contribution in [0.5, 0.6) is 23.0 Å². The Morgan fingerprint density at radius 3 is 1.75 bits per heavy atom. The van der Waals surface area contributed by atoms with Crippen molar-refractivity contribution in [3.05, 3.63) is 66.2 Å². The molecule has 0 unspecified atom stereocenters. The monoisotopic (exact) mass is 488 g/mol. The Balaban J connectivity index is 1.75. The van der Waals surface area contributed by atoms with Gasteiger partial charge in [0.2, 0.25) is 5.95 Å². The maximum Gasteiger partial charge on any atom is 0.309 e. The molecule has 0 saturated heterocycles. The quantitative estimate of drug-likeness (QED) is 0.311. The Bertz CT molecular complexity index is 1320. The van der Waals surface area contributed by atoms with Crippen molar-refractivity contribution in [1.82, 2.24) is 15.0 Å². The number of methoxy groups -OCH3 is 3. The van der Waals surface area contributed by atoms with E-state index in [9.17, 15) is 15.0 Å². The third-order valence-corrected chi connectivity index (χ3v) is 5.31. The van der Waals surface area contributed by atoms with E-state index in [4.69, 9.17) is 14.2 Å². The highest BCUT2D eigenvalue weighted by Gasteiger charge is 2.17. The topological polar surface area (TPSA) is 136 Å². The first-order valence-electron chi connectivity index (χ1n) is 10.8. The molecule has 0 aliphatic rings. The molecule has 0 spiro atoms. The summed E-state index contributed by atoms with van der Waals surface area (Å²) in [4.78, 5) is 25.0. The van der Waals surface area contributed by atoms with Crippen molar-refractivity contribution in [2.24, 2.45) is 0 Å². The number of carbonyl (C=O) groups excluding carboxylic acids is 1. The van der Waals surface area contributed by atoms with Gasteiger partial charge >= 0.3 is 5.97 Å². The lowest BCUT2D eigenvalue weighted by atomic mass is 10.1. The lowest BCUT2D eigenvalue weighted by molar-refractivity contribution is -0.139. The third-order valence-electron chi connectivity index (χ3n) is 5.31. The van der Waals surface area contributed by atoms with Gasteiger partial charge in [0.05, 0.1) is 38.9 Å². The van der Waals surface area contributed by atoms with Crippen LogP contribution in [0.15, 0.2) is 60.7 Å². The number of esters is 1. The van der Waals surface area contributed by atoms with Gasteiger partial charge in [0.1, 0.15) is 23.0 Å². The van der Waals surface area contributed by atoms with Crippen molar-refractivity contribution in [3.8, 4) is 45.8 Å². The number of aromatic hydroxyl groups is 2. The van der Waals surface area contributed by atoms with E-state index in [2.05, 4.69) is 20.3 Å². The molecular formula is C26H24N4O6. The molecule has 3 N–H and O–H groups in total. The van der Waals surface area contributed by atoms with E-state index in [1.54, 1.807) is 48.5 Å². The zero-order valence-electron chi connectivity index (χ0n) is 19.8. The number of hydrogen-bond donors (Lipinski definition) is 3. The summed E-state index contributed by atoms with van der Waals surface area (Å²) in [5.41, 5.74) is 2.15. The number of nitrogens with zero attached hydrogens (tertiary/aromatic N) is 3. The number of ether oxygens (including phenoxy) is 3. The molecule has 0 atom stereocenters. The summed E-state index contributed by atoms with van der Waals surface area (Å²) >= 11 is 0. The van der Waals surface area contributed by atoms with Gasteiger partial charge < -0.3 is 29.7 Å². The van der Waals surface area contributed by atoms with E-state index in [0.717, 1.165) is 5.56 Å². The van der Waals surface area contributed by atoms with Crippen molar-refractivity contribution >= 4 is 17.6 Å². The SMILES string of the molecule is COC(=O)Cc1ccc(Nc2nc(-c3ccc(OC)cc3O)nc(-c3ccc(OC)cc3O)n2)cc1. The fraction of sp³-hybridized carbons (Fsp3) is 0.154. The maximum absolute atomic E-state index is 11.5. The first kappa shape index (κ1) is 24.3. The van der Waals surface area contributed by atoms with Crippen LogP contribution in [0.25, 0.3) is 22.8 Å². The van der Waals surface area contributed by atoms with Crippen LogP contribution in [-0.4, -0.2) is 52.5 Å². The van der Waals surface area contributed by atoms with E-state index in [-0.39, 0.29) is 41.5 Å². The summed E-state index contributed by atoms with van der Waals surface area (Å²) in [7, 11) is 4.34. The number of benzene rings is 3. The first-order chi connectivity index (χ1) is 17.4. The van der Waals surface area contributed by atoms with Crippen molar-refractivity contribution in [3.63, 3.8) is 0 Å². The Morgan fingerprint density at radius 1 is 0.778 bits per heavy atom. The van der Waals surface area contributed by atoms with Crippen molar-refractivity contribution < 1.29 is 29.2 Å². The van der Waals surface area contributed by atoms with Crippen LogP contribution < -0.4 is 14.8 Å². The van der Waals surface area contributed by atoms with Gasteiger partial charge in [-0.15, -0.1) is 0 Å². The van der Waals surface area contributed by atoms with Gasteiger partial charge in [0.25, 0.3) is 0 Å². The summed E-state index contributed by atoms with van der Waals surface area (Å²) in [6, 6.07) is 16.6. The van der Waals surface area contributed by atoms with E-state index >= 15 is 0 Å². The lowest BCUT2D eigenvalue weighted by Crippen LogP contribution is -2.05. The minimum Gasteiger partial charge on any atom is -0.507 e. The Kier molecular flexibility index (Phi) is 7.15. The van der Waals surface area contributed by atoms with Crippen molar-refractivity contribution in [2.75, 3.05) is 26.6 Å². The van der Waals surface area contributed by atoms with Crippen LogP contribution in [0.4, 0.5) is 11.6 Å². The molecule has 3 aromatic carbocycles. The summed E-state index contributed by atoms with van der Waals surface area (Å²) in [6.45, 7) is 0. The number of rotatable bonds is 8. The Morgan fingerprint density at radius 2 is 1.31 bits per heavy atom. The second-order valence-corrected chi connectivity index (χ2v) is 7.65. The third kappa shape index (κ3) is 5.44. The number of phenolic OH excluding ortho intramolecular Hbond substituents is 2. The largest absolute Gasteiger partial charge is 0.507 e. The molecule has 4 aromatic rings. The van der Waals surface area contributed by atoms with Crippen molar-refractivity contribution in [2.45, 2.75) is 6.42 Å². The predicted molar refractivity (Wildman–Crippen MR) is 133 cm³/mol. The van der Waals surface area contributed by atoms with Crippen LogP contribution in [0.1, 0.15) is 5.56 Å². The summed E-state index contributed by atoms with van der Waals surface area (Å²) in [6.07, 6.45) is 0.157. The maximum atomic E-state index is 11.5. The molecule has 184 valence electrons. The van der Waals surface area contributed by atoms with Gasteiger partial charge in [0, 0.05) is 17.8 Å². The second-order valence-electron chi connectivity index (χ2n) is 7.65. The van der Waals surface area contributed by atoms with Crippen LogP contribution in [0.2, 0.25) is 0 Å². The highest BCUT2D eigenvalue weighted by molar-refractivity contribution is 5.73. The van der Waals surface area contributed by atoms with E-state index in [1.165, 1.54) is 33.5 Å². The molecule has 0 aliphatic carbocycles. The zero-order valence-corrected chi connectivity index (χ0v) is 19.8. The molecule has 0 aliphatic heterocycles. The van der Waals surface area contributed by atoms with Gasteiger partial charge in [0.15, 0.2) is 11.6 Å². The molecule has 0 radical (unpaired) electrons. The zero-order chi connectivity index (χ0) is 25.7. The molecule has 0 fully saturated rings. The molecule has 0 saturated carbocycles. The van der Waals surface area contributed by atoms with E-state index < -0.39 is 0 Å². The number of nitrogens with one attached hydrogen (secondary N) is 1. The van der Waals surface area contributed by atoms with Gasteiger partial charge in [-0.1, -0.05) is 12.1 Å². The standard InChI is InChI=1S/C26H24N4O6/c1-34-17-8-10-19(21(31)13-17)24-28-25(20-11-9-18(35-2)14-22(20)32)30-26(29-24)27-16-6-4-15(5-7-16)12-23(33)36-3/h4-11,13-14,31-32H,12H2,1-3H3,(H,27,28,29,30). The normalized spacial score (nSPS) is 10.5. The average Bonchev–Trinajstić information content (AvgIpc) is 2.89. The molecule has 36 heavy (non-hydrogen) atoms. The van der Waals surface area contributed by atoms with E-state index in [0.29, 0.717) is 28.3 Å². The van der Waals surface area contributed by atoms with Gasteiger partial charge in [-0.05, 0) is 42.0 Å². The minimum absolute atomic E-state index is 0.0800. The van der Waals surface area contributed by atoms with Crippen LogP contribution in [0.3, 0.4) is 0 Å². The number of hydrogen-bond acceptors (Lipinski definition) is 10. The lowest BCUT2D eigenvalue weighted by Gasteiger charge is -2.12. The molecule has 0 amide bonds. The Labute approximate surface area is 207 Å². The first-order valence-corrected chi connectivity index (χ1v) is 10.8. The molecule has 1 aromatic heterocycles. The Hall–Kier alpha value is -4.86. The van der Waals surface area contributed by atoms with Crippen LogP contribution in [0, 0.1) is 0 Å². The van der Waals surface area contributed by atoms with Crippen LogP contribution in [-0.2, 0) is 16.0 Å². The predicted octanol–water partition coefficient (Wildman–Crippen LogP) is 4.09. The smallest absolute Gasteiger partial charge is 0.309 e.